The molecule has 9 heteroatoms. The number of imidazole rings is 1. The molecule has 2 atom stereocenters. The van der Waals surface area contributed by atoms with E-state index in [1.807, 2.05) is 42.8 Å². The Kier molecular flexibility index (Phi) is 5.57. The summed E-state index contributed by atoms with van der Waals surface area (Å²) in [6.07, 6.45) is 13.3. The first-order chi connectivity index (χ1) is 14.6. The van der Waals surface area contributed by atoms with E-state index in [1.165, 1.54) is 6.20 Å². The summed E-state index contributed by atoms with van der Waals surface area (Å²) in [6, 6.07) is 1.71. The second kappa shape index (κ2) is 8.05. The summed E-state index contributed by atoms with van der Waals surface area (Å²) in [5.74, 6) is 1.18. The molecule has 31 heavy (non-hydrogen) atoms. The molecule has 0 spiro atoms. The SMILES string of the molecule is CC1C=CC(c2nc3n(c2-c2ccnc(S(C)(=O)=O)n2)C=CN(C)C3OC(C)C)=CC1. The van der Waals surface area contributed by atoms with Crippen molar-refractivity contribution in [3.63, 3.8) is 0 Å². The molecule has 2 aliphatic rings. The fourth-order valence-corrected chi connectivity index (χ4v) is 4.14. The Morgan fingerprint density at radius 1 is 1.23 bits per heavy atom. The van der Waals surface area contributed by atoms with Gasteiger partial charge in [0, 0.05) is 31.9 Å². The fourth-order valence-electron chi connectivity index (χ4n) is 3.62. The molecule has 0 radical (unpaired) electrons. The van der Waals surface area contributed by atoms with Crippen LogP contribution in [-0.2, 0) is 14.6 Å². The van der Waals surface area contributed by atoms with Crippen molar-refractivity contribution in [3.05, 3.63) is 48.2 Å². The van der Waals surface area contributed by atoms with Crippen LogP contribution in [0.2, 0.25) is 0 Å². The van der Waals surface area contributed by atoms with Crippen LogP contribution >= 0.6 is 0 Å². The Morgan fingerprint density at radius 3 is 2.65 bits per heavy atom. The summed E-state index contributed by atoms with van der Waals surface area (Å²) in [5, 5.41) is -0.208. The van der Waals surface area contributed by atoms with E-state index < -0.39 is 9.84 Å². The maximum absolute atomic E-state index is 12.1. The van der Waals surface area contributed by atoms with Crippen molar-refractivity contribution in [1.82, 2.24) is 24.4 Å². The van der Waals surface area contributed by atoms with Crippen molar-refractivity contribution in [1.29, 1.82) is 0 Å². The predicted molar refractivity (Wildman–Crippen MR) is 119 cm³/mol. The Balaban J connectivity index is 1.94. The highest BCUT2D eigenvalue weighted by atomic mass is 32.2. The van der Waals surface area contributed by atoms with E-state index in [1.54, 1.807) is 6.07 Å². The van der Waals surface area contributed by atoms with E-state index in [-0.39, 0.29) is 17.5 Å². The minimum atomic E-state index is -3.55. The number of hydrogen-bond donors (Lipinski definition) is 0. The van der Waals surface area contributed by atoms with Gasteiger partial charge in [-0.25, -0.2) is 23.4 Å². The molecule has 0 amide bonds. The van der Waals surface area contributed by atoms with Crippen molar-refractivity contribution in [2.24, 2.45) is 5.92 Å². The molecule has 0 bridgehead atoms. The van der Waals surface area contributed by atoms with E-state index >= 15 is 0 Å². The molecule has 0 saturated heterocycles. The first kappa shape index (κ1) is 21.5. The Morgan fingerprint density at radius 2 is 2.00 bits per heavy atom. The number of rotatable bonds is 5. The van der Waals surface area contributed by atoms with Gasteiger partial charge in [0.15, 0.2) is 12.1 Å². The number of allylic oxidation sites excluding steroid dienone is 4. The average molecular weight is 442 g/mol. The lowest BCUT2D eigenvalue weighted by Crippen LogP contribution is -2.29. The highest BCUT2D eigenvalue weighted by Gasteiger charge is 2.31. The average Bonchev–Trinajstić information content (AvgIpc) is 3.10. The van der Waals surface area contributed by atoms with Gasteiger partial charge in [0.1, 0.15) is 0 Å². The van der Waals surface area contributed by atoms with Gasteiger partial charge in [0.25, 0.3) is 0 Å². The van der Waals surface area contributed by atoms with Crippen LogP contribution in [0.5, 0.6) is 0 Å². The van der Waals surface area contributed by atoms with Gasteiger partial charge >= 0.3 is 0 Å². The van der Waals surface area contributed by atoms with Crippen molar-refractivity contribution in [3.8, 4) is 11.4 Å². The van der Waals surface area contributed by atoms with Crippen LogP contribution < -0.4 is 0 Å². The molecule has 0 fully saturated rings. The first-order valence-electron chi connectivity index (χ1n) is 10.2. The molecule has 4 rings (SSSR count). The maximum Gasteiger partial charge on any atom is 0.247 e. The summed E-state index contributed by atoms with van der Waals surface area (Å²) >= 11 is 0. The Labute approximate surface area is 182 Å². The van der Waals surface area contributed by atoms with Gasteiger partial charge in [0.2, 0.25) is 15.0 Å². The third-order valence-electron chi connectivity index (χ3n) is 5.18. The number of fused-ring (bicyclic) bond motifs is 1. The lowest BCUT2D eigenvalue weighted by atomic mass is 9.96. The highest BCUT2D eigenvalue weighted by Crippen LogP contribution is 2.37. The smallest absolute Gasteiger partial charge is 0.247 e. The van der Waals surface area contributed by atoms with Gasteiger partial charge in [-0.15, -0.1) is 0 Å². The summed E-state index contributed by atoms with van der Waals surface area (Å²) in [4.78, 5) is 15.2. The number of ether oxygens (including phenoxy) is 1. The molecule has 1 aliphatic heterocycles. The van der Waals surface area contributed by atoms with Crippen molar-refractivity contribution in [2.75, 3.05) is 13.3 Å². The molecular weight excluding hydrogens is 414 g/mol. The lowest BCUT2D eigenvalue weighted by molar-refractivity contribution is -0.0702. The number of nitrogens with zero attached hydrogens (tertiary/aromatic N) is 5. The summed E-state index contributed by atoms with van der Waals surface area (Å²) < 4.78 is 32.2. The molecule has 8 nitrogen and oxygen atoms in total. The lowest BCUT2D eigenvalue weighted by Gasteiger charge is -2.31. The quantitative estimate of drug-likeness (QED) is 0.656. The molecule has 2 aromatic heterocycles. The zero-order chi connectivity index (χ0) is 22.3. The van der Waals surface area contributed by atoms with E-state index in [2.05, 4.69) is 35.1 Å². The minimum Gasteiger partial charge on any atom is -0.348 e. The summed E-state index contributed by atoms with van der Waals surface area (Å²) in [5.41, 5.74) is 2.94. The van der Waals surface area contributed by atoms with Crippen LogP contribution in [0, 0.1) is 5.92 Å². The van der Waals surface area contributed by atoms with Crippen LogP contribution in [0.1, 0.15) is 44.9 Å². The Hall–Kier alpha value is -2.78. The molecule has 0 saturated carbocycles. The van der Waals surface area contributed by atoms with Crippen LogP contribution in [0.25, 0.3) is 23.2 Å². The van der Waals surface area contributed by atoms with E-state index in [9.17, 15) is 8.42 Å². The van der Waals surface area contributed by atoms with Gasteiger partial charge in [-0.1, -0.05) is 25.2 Å². The third-order valence-corrected chi connectivity index (χ3v) is 6.04. The third kappa shape index (κ3) is 4.20. The zero-order valence-corrected chi connectivity index (χ0v) is 19.2. The molecule has 1 aliphatic carbocycles. The van der Waals surface area contributed by atoms with E-state index in [0.29, 0.717) is 11.6 Å². The molecule has 2 aromatic rings. The normalized spacial score (nSPS) is 20.8. The monoisotopic (exact) mass is 441 g/mol. The van der Waals surface area contributed by atoms with Crippen molar-refractivity contribution >= 4 is 21.6 Å². The fraction of sp³-hybridized carbons (Fsp3) is 0.409. The van der Waals surface area contributed by atoms with Gasteiger partial charge in [0.05, 0.1) is 23.2 Å². The summed E-state index contributed by atoms with van der Waals surface area (Å²) in [6.45, 7) is 6.13. The molecule has 164 valence electrons. The number of hydrogen-bond acceptors (Lipinski definition) is 7. The van der Waals surface area contributed by atoms with Gasteiger partial charge in [-0.05, 0) is 37.8 Å². The predicted octanol–water partition coefficient (Wildman–Crippen LogP) is 3.52. The standard InChI is InChI=1S/C22H27N5O3S/c1-14(2)30-21-20-25-18(16-8-6-15(3)7-9-16)19(27(20)13-12-26(21)4)17-10-11-23-22(24-17)31(5,28)29/h6,8-15,21H,7H2,1-5H3. The second-order valence-corrected chi connectivity index (χ2v) is 10.2. The minimum absolute atomic E-state index is 0.00142. The summed E-state index contributed by atoms with van der Waals surface area (Å²) in [7, 11) is -1.61. The van der Waals surface area contributed by atoms with E-state index in [0.717, 1.165) is 35.5 Å². The van der Waals surface area contributed by atoms with Crippen LogP contribution in [-0.4, -0.2) is 52.2 Å². The van der Waals surface area contributed by atoms with Gasteiger partial charge in [-0.3, -0.25) is 4.57 Å². The zero-order valence-electron chi connectivity index (χ0n) is 18.3. The van der Waals surface area contributed by atoms with Gasteiger partial charge < -0.3 is 9.64 Å². The van der Waals surface area contributed by atoms with Crippen LogP contribution in [0.3, 0.4) is 0 Å². The molecule has 2 unspecified atom stereocenters. The Bertz CT molecular complexity index is 1190. The number of sulfone groups is 1. The van der Waals surface area contributed by atoms with Crippen molar-refractivity contribution in [2.45, 2.75) is 44.7 Å². The second-order valence-electron chi connectivity index (χ2n) is 8.27. The highest BCUT2D eigenvalue weighted by molar-refractivity contribution is 7.90. The molecule has 0 aromatic carbocycles. The first-order valence-corrected chi connectivity index (χ1v) is 12.1. The largest absolute Gasteiger partial charge is 0.348 e. The molecular formula is C22H27N5O3S. The van der Waals surface area contributed by atoms with Gasteiger partial charge in [-0.2, -0.15) is 0 Å². The molecule has 0 N–H and O–H groups in total. The topological polar surface area (TPSA) is 90.2 Å². The van der Waals surface area contributed by atoms with Crippen LogP contribution in [0.15, 0.2) is 41.8 Å². The molecule has 3 heterocycles. The van der Waals surface area contributed by atoms with E-state index in [4.69, 9.17) is 9.72 Å². The number of aromatic nitrogens is 4. The maximum atomic E-state index is 12.1. The van der Waals surface area contributed by atoms with Crippen molar-refractivity contribution < 1.29 is 13.2 Å². The van der Waals surface area contributed by atoms with Crippen LogP contribution in [0.4, 0.5) is 0 Å².